The Morgan fingerprint density at radius 1 is 1.10 bits per heavy atom. The fourth-order valence-corrected chi connectivity index (χ4v) is 3.57. The van der Waals surface area contributed by atoms with Crippen LogP contribution in [0.3, 0.4) is 0 Å². The Balaban J connectivity index is 1.42. The molecule has 4 rings (SSSR count). The molecule has 2 unspecified atom stereocenters. The minimum atomic E-state index is -0.586. The molecule has 148 valence electrons. The van der Waals surface area contributed by atoms with Crippen LogP contribution in [0.25, 0.3) is 0 Å². The minimum absolute atomic E-state index is 0.00587. The van der Waals surface area contributed by atoms with Crippen molar-refractivity contribution in [1.29, 1.82) is 0 Å². The SMILES string of the molecule is Cc1occc1C(=O)Nc1cc(NC(=O)C2CC2c2ccc(Br)cc2)ccc1F. The maximum absolute atomic E-state index is 14.1. The van der Waals surface area contributed by atoms with Crippen molar-refractivity contribution in [2.24, 2.45) is 5.92 Å². The summed E-state index contributed by atoms with van der Waals surface area (Å²) in [5.74, 6) is -0.667. The van der Waals surface area contributed by atoms with E-state index in [0.717, 1.165) is 16.5 Å². The van der Waals surface area contributed by atoms with Gasteiger partial charge in [0.1, 0.15) is 11.6 Å². The van der Waals surface area contributed by atoms with E-state index >= 15 is 0 Å². The molecule has 1 aliphatic rings. The van der Waals surface area contributed by atoms with Crippen molar-refractivity contribution in [2.75, 3.05) is 10.6 Å². The van der Waals surface area contributed by atoms with Crippen LogP contribution in [0.1, 0.15) is 34.0 Å². The smallest absolute Gasteiger partial charge is 0.259 e. The van der Waals surface area contributed by atoms with Gasteiger partial charge >= 0.3 is 0 Å². The molecule has 3 aromatic rings. The number of hydrogen-bond acceptors (Lipinski definition) is 3. The molecule has 0 bridgehead atoms. The maximum Gasteiger partial charge on any atom is 0.259 e. The van der Waals surface area contributed by atoms with Crippen LogP contribution in [-0.4, -0.2) is 11.8 Å². The van der Waals surface area contributed by atoms with Gasteiger partial charge in [0, 0.05) is 16.1 Å². The number of carbonyl (C=O) groups excluding carboxylic acids is 2. The van der Waals surface area contributed by atoms with E-state index in [1.165, 1.54) is 30.5 Å². The second-order valence-electron chi connectivity index (χ2n) is 7.03. The summed E-state index contributed by atoms with van der Waals surface area (Å²) >= 11 is 3.40. The van der Waals surface area contributed by atoms with Crippen LogP contribution < -0.4 is 10.6 Å². The predicted octanol–water partition coefficient (Wildman–Crippen LogP) is 5.48. The highest BCUT2D eigenvalue weighted by molar-refractivity contribution is 9.10. The summed E-state index contributed by atoms with van der Waals surface area (Å²) in [6.45, 7) is 1.65. The molecule has 2 aromatic carbocycles. The average molecular weight is 457 g/mol. The third-order valence-electron chi connectivity index (χ3n) is 5.01. The number of aryl methyl sites for hydroxylation is 1. The van der Waals surface area contributed by atoms with E-state index in [2.05, 4.69) is 26.6 Å². The Morgan fingerprint density at radius 3 is 2.55 bits per heavy atom. The molecule has 0 spiro atoms. The topological polar surface area (TPSA) is 71.3 Å². The van der Waals surface area contributed by atoms with Crippen molar-refractivity contribution in [3.05, 3.63) is 82.0 Å². The lowest BCUT2D eigenvalue weighted by Gasteiger charge is -2.10. The van der Waals surface area contributed by atoms with Crippen LogP contribution in [-0.2, 0) is 4.79 Å². The van der Waals surface area contributed by atoms with E-state index in [9.17, 15) is 14.0 Å². The van der Waals surface area contributed by atoms with Crippen molar-refractivity contribution in [2.45, 2.75) is 19.3 Å². The second kappa shape index (κ2) is 7.83. The van der Waals surface area contributed by atoms with Crippen molar-refractivity contribution >= 4 is 39.1 Å². The highest BCUT2D eigenvalue weighted by Gasteiger charge is 2.43. The van der Waals surface area contributed by atoms with Crippen molar-refractivity contribution in [3.63, 3.8) is 0 Å². The third-order valence-corrected chi connectivity index (χ3v) is 5.54. The molecule has 1 heterocycles. The maximum atomic E-state index is 14.1. The Hall–Kier alpha value is -2.93. The van der Waals surface area contributed by atoms with Gasteiger partial charge in [-0.05, 0) is 61.2 Å². The summed E-state index contributed by atoms with van der Waals surface area (Å²) in [6, 6.07) is 13.5. The number of rotatable bonds is 5. The second-order valence-corrected chi connectivity index (χ2v) is 7.94. The Labute approximate surface area is 175 Å². The summed E-state index contributed by atoms with van der Waals surface area (Å²) in [4.78, 5) is 24.9. The summed E-state index contributed by atoms with van der Waals surface area (Å²) < 4.78 is 20.2. The fourth-order valence-electron chi connectivity index (χ4n) is 3.31. The molecule has 7 heteroatoms. The monoisotopic (exact) mass is 456 g/mol. The summed E-state index contributed by atoms with van der Waals surface area (Å²) in [6.07, 6.45) is 2.17. The number of nitrogens with one attached hydrogen (secondary N) is 2. The van der Waals surface area contributed by atoms with E-state index in [-0.39, 0.29) is 23.4 Å². The van der Waals surface area contributed by atoms with E-state index < -0.39 is 11.7 Å². The van der Waals surface area contributed by atoms with Gasteiger partial charge in [0.15, 0.2) is 0 Å². The highest BCUT2D eigenvalue weighted by Crippen LogP contribution is 2.48. The van der Waals surface area contributed by atoms with E-state index in [1.54, 1.807) is 6.92 Å². The molecule has 2 atom stereocenters. The Morgan fingerprint density at radius 2 is 1.86 bits per heavy atom. The van der Waals surface area contributed by atoms with Gasteiger partial charge in [0.2, 0.25) is 5.91 Å². The predicted molar refractivity (Wildman–Crippen MR) is 111 cm³/mol. The molecule has 1 aliphatic carbocycles. The largest absolute Gasteiger partial charge is 0.469 e. The van der Waals surface area contributed by atoms with Gasteiger partial charge in [0.05, 0.1) is 17.5 Å². The first kappa shape index (κ1) is 19.4. The lowest BCUT2D eigenvalue weighted by Crippen LogP contribution is -2.16. The van der Waals surface area contributed by atoms with Crippen LogP contribution in [0.5, 0.6) is 0 Å². The average Bonchev–Trinajstić information content (AvgIpc) is 3.38. The van der Waals surface area contributed by atoms with Crippen molar-refractivity contribution in [3.8, 4) is 0 Å². The minimum Gasteiger partial charge on any atom is -0.469 e. The van der Waals surface area contributed by atoms with Gasteiger partial charge in [-0.1, -0.05) is 28.1 Å². The zero-order valence-electron chi connectivity index (χ0n) is 15.5. The zero-order valence-corrected chi connectivity index (χ0v) is 17.1. The summed E-state index contributed by atoms with van der Waals surface area (Å²) in [5, 5.41) is 5.34. The van der Waals surface area contributed by atoms with Crippen molar-refractivity contribution in [1.82, 2.24) is 0 Å². The van der Waals surface area contributed by atoms with Gasteiger partial charge in [0.25, 0.3) is 5.91 Å². The standard InChI is InChI=1S/C22H18BrFN2O3/c1-12-16(8-9-29-12)21(27)26-20-10-15(6-7-19(20)24)25-22(28)18-11-17(18)13-2-4-14(23)5-3-13/h2-10,17-18H,11H2,1H3,(H,25,28)(H,26,27). The molecule has 0 saturated heterocycles. The number of benzene rings is 2. The quantitative estimate of drug-likeness (QED) is 0.533. The van der Waals surface area contributed by atoms with Gasteiger partial charge in [-0.2, -0.15) is 0 Å². The number of amides is 2. The van der Waals surface area contributed by atoms with Gasteiger partial charge in [-0.3, -0.25) is 9.59 Å². The van der Waals surface area contributed by atoms with Crippen molar-refractivity contribution < 1.29 is 18.4 Å². The summed E-state index contributed by atoms with van der Waals surface area (Å²) in [7, 11) is 0. The molecular formula is C22H18BrFN2O3. The van der Waals surface area contributed by atoms with Gasteiger partial charge in [-0.25, -0.2) is 4.39 Å². The van der Waals surface area contributed by atoms with Gasteiger partial charge < -0.3 is 15.1 Å². The van der Waals surface area contributed by atoms with Crippen LogP contribution in [0.4, 0.5) is 15.8 Å². The molecule has 5 nitrogen and oxygen atoms in total. The molecule has 29 heavy (non-hydrogen) atoms. The fraction of sp³-hybridized carbons (Fsp3) is 0.182. The molecule has 1 aromatic heterocycles. The first-order chi connectivity index (χ1) is 13.9. The third kappa shape index (κ3) is 4.24. The van der Waals surface area contributed by atoms with Crippen LogP contribution in [0.15, 0.2) is 63.7 Å². The molecule has 0 radical (unpaired) electrons. The molecule has 2 amide bonds. The number of carbonyl (C=O) groups is 2. The number of hydrogen-bond donors (Lipinski definition) is 2. The van der Waals surface area contributed by atoms with E-state index in [1.807, 2.05) is 24.3 Å². The number of anilines is 2. The highest BCUT2D eigenvalue weighted by atomic mass is 79.9. The lowest BCUT2D eigenvalue weighted by atomic mass is 10.1. The Kier molecular flexibility index (Phi) is 5.24. The molecule has 0 aliphatic heterocycles. The normalized spacial score (nSPS) is 17.6. The van der Waals surface area contributed by atoms with Crippen LogP contribution in [0.2, 0.25) is 0 Å². The lowest BCUT2D eigenvalue weighted by molar-refractivity contribution is -0.117. The number of furan rings is 1. The van der Waals surface area contributed by atoms with E-state index in [0.29, 0.717) is 17.0 Å². The first-order valence-corrected chi connectivity index (χ1v) is 9.93. The molecular weight excluding hydrogens is 439 g/mol. The molecule has 1 saturated carbocycles. The summed E-state index contributed by atoms with van der Waals surface area (Å²) in [5.41, 5.74) is 1.87. The molecule has 2 N–H and O–H groups in total. The van der Waals surface area contributed by atoms with Gasteiger partial charge in [-0.15, -0.1) is 0 Å². The van der Waals surface area contributed by atoms with Crippen LogP contribution >= 0.6 is 15.9 Å². The molecule has 1 fully saturated rings. The van der Waals surface area contributed by atoms with E-state index in [4.69, 9.17) is 4.42 Å². The Bertz CT molecular complexity index is 1080. The van der Waals surface area contributed by atoms with Crippen LogP contribution in [0, 0.1) is 18.7 Å². The number of halogens is 2. The zero-order chi connectivity index (χ0) is 20.5. The first-order valence-electron chi connectivity index (χ1n) is 9.13.